The van der Waals surface area contributed by atoms with Gasteiger partial charge < -0.3 is 5.32 Å². The van der Waals surface area contributed by atoms with Crippen molar-refractivity contribution in [3.05, 3.63) is 87.7 Å². The lowest BCUT2D eigenvalue weighted by atomic mass is 9.99. The second-order valence-electron chi connectivity index (χ2n) is 9.12. The van der Waals surface area contributed by atoms with Gasteiger partial charge in [0.15, 0.2) is 0 Å². The molecule has 1 aliphatic heterocycles. The maximum atomic E-state index is 12.6. The molecule has 3 aromatic rings. The molecule has 0 atom stereocenters. The van der Waals surface area contributed by atoms with Gasteiger partial charge in [0.05, 0.1) is 24.5 Å². The summed E-state index contributed by atoms with van der Waals surface area (Å²) in [5.74, 6) is 0.518. The second kappa shape index (κ2) is 11.2. The molecular weight excluding hydrogens is 467 g/mol. The third-order valence-corrected chi connectivity index (χ3v) is 6.25. The van der Waals surface area contributed by atoms with Gasteiger partial charge in [0.1, 0.15) is 0 Å². The predicted molar refractivity (Wildman–Crippen MR) is 139 cm³/mol. The highest BCUT2D eigenvalue weighted by Crippen LogP contribution is 2.28. The fourth-order valence-corrected chi connectivity index (χ4v) is 4.75. The molecule has 5 nitrogen and oxygen atoms in total. The lowest BCUT2D eigenvalue weighted by molar-refractivity contribution is -0.122. The van der Waals surface area contributed by atoms with E-state index in [1.165, 1.54) is 5.57 Å². The zero-order valence-electron chi connectivity index (χ0n) is 19.6. The number of hydrogen-bond acceptors (Lipinski definition) is 3. The summed E-state index contributed by atoms with van der Waals surface area (Å²) >= 11 is 12.3. The van der Waals surface area contributed by atoms with E-state index in [4.69, 9.17) is 28.3 Å². The Morgan fingerprint density at radius 1 is 1.09 bits per heavy atom. The molecule has 1 N–H and O–H groups in total. The van der Waals surface area contributed by atoms with Crippen LogP contribution in [0.2, 0.25) is 10.0 Å². The number of amides is 1. The standard InChI is InChI=1S/C27H30Cl2N4O/c1-19(2)12-26-16-24(31-33(26)25-6-4-3-5-7-25)17-30-27(34)18-32-10-8-20(9-11-32)21-13-22(28)15-23(29)14-21/h3-8,13-16,19H,9-12,17-18H2,1-2H3,(H,30,34). The molecule has 34 heavy (non-hydrogen) atoms. The fraction of sp³-hybridized carbons (Fsp3) is 0.333. The van der Waals surface area contributed by atoms with Gasteiger partial charge in [-0.2, -0.15) is 5.10 Å². The highest BCUT2D eigenvalue weighted by molar-refractivity contribution is 6.34. The summed E-state index contributed by atoms with van der Waals surface area (Å²) in [5, 5.41) is 9.08. The Kier molecular flexibility index (Phi) is 8.09. The van der Waals surface area contributed by atoms with Gasteiger partial charge in [0.2, 0.25) is 5.91 Å². The normalized spacial score (nSPS) is 14.3. The van der Waals surface area contributed by atoms with E-state index in [9.17, 15) is 4.79 Å². The molecule has 1 amide bonds. The van der Waals surface area contributed by atoms with Crippen molar-refractivity contribution >= 4 is 34.7 Å². The van der Waals surface area contributed by atoms with Gasteiger partial charge in [0.25, 0.3) is 0 Å². The van der Waals surface area contributed by atoms with Gasteiger partial charge in [-0.05, 0) is 66.3 Å². The number of para-hydroxylation sites is 1. The third-order valence-electron chi connectivity index (χ3n) is 5.81. The van der Waals surface area contributed by atoms with Crippen molar-refractivity contribution < 1.29 is 4.79 Å². The summed E-state index contributed by atoms with van der Waals surface area (Å²) in [4.78, 5) is 14.8. The van der Waals surface area contributed by atoms with Crippen LogP contribution in [0.25, 0.3) is 11.3 Å². The van der Waals surface area contributed by atoms with Gasteiger partial charge in [-0.15, -0.1) is 0 Å². The molecule has 0 aliphatic carbocycles. The molecule has 1 aliphatic rings. The molecule has 4 rings (SSSR count). The average Bonchev–Trinajstić information content (AvgIpc) is 3.20. The van der Waals surface area contributed by atoms with Gasteiger partial charge in [0, 0.05) is 28.8 Å². The number of carbonyl (C=O) groups excluding carboxylic acids is 1. The van der Waals surface area contributed by atoms with E-state index in [0.717, 1.165) is 42.0 Å². The Hall–Kier alpha value is -2.60. The van der Waals surface area contributed by atoms with E-state index < -0.39 is 0 Å². The predicted octanol–water partition coefficient (Wildman–Crippen LogP) is 5.78. The smallest absolute Gasteiger partial charge is 0.234 e. The first-order valence-corrected chi connectivity index (χ1v) is 12.4. The van der Waals surface area contributed by atoms with Crippen molar-refractivity contribution in [1.29, 1.82) is 0 Å². The van der Waals surface area contributed by atoms with Crippen LogP contribution >= 0.6 is 23.2 Å². The highest BCUT2D eigenvalue weighted by Gasteiger charge is 2.17. The minimum atomic E-state index is 0.00215. The summed E-state index contributed by atoms with van der Waals surface area (Å²) in [6.45, 7) is 6.70. The average molecular weight is 497 g/mol. The summed E-state index contributed by atoms with van der Waals surface area (Å²) in [5.41, 5.74) is 5.32. The molecule has 178 valence electrons. The monoisotopic (exact) mass is 496 g/mol. The Bertz CT molecular complexity index is 1150. The van der Waals surface area contributed by atoms with Crippen molar-refractivity contribution in [2.24, 2.45) is 5.92 Å². The Labute approximate surface area is 211 Å². The number of aromatic nitrogens is 2. The molecule has 0 spiro atoms. The van der Waals surface area contributed by atoms with Crippen LogP contribution in [-0.2, 0) is 17.8 Å². The topological polar surface area (TPSA) is 50.2 Å². The second-order valence-corrected chi connectivity index (χ2v) is 9.99. The Morgan fingerprint density at radius 2 is 1.82 bits per heavy atom. The number of carbonyl (C=O) groups is 1. The maximum absolute atomic E-state index is 12.6. The molecule has 0 fully saturated rings. The van der Waals surface area contributed by atoms with Crippen molar-refractivity contribution in [2.45, 2.75) is 33.2 Å². The van der Waals surface area contributed by atoms with E-state index in [0.29, 0.717) is 35.6 Å². The van der Waals surface area contributed by atoms with Gasteiger partial charge in [-0.3, -0.25) is 9.69 Å². The molecule has 2 heterocycles. The van der Waals surface area contributed by atoms with Crippen LogP contribution in [0.1, 0.15) is 37.2 Å². The number of rotatable bonds is 8. The van der Waals surface area contributed by atoms with Crippen molar-refractivity contribution in [2.75, 3.05) is 19.6 Å². The molecule has 0 bridgehead atoms. The number of nitrogens with zero attached hydrogens (tertiary/aromatic N) is 3. The molecule has 0 saturated heterocycles. The first-order valence-electron chi connectivity index (χ1n) is 11.6. The van der Waals surface area contributed by atoms with E-state index >= 15 is 0 Å². The molecule has 1 aromatic heterocycles. The molecule has 0 radical (unpaired) electrons. The number of benzene rings is 2. The zero-order valence-corrected chi connectivity index (χ0v) is 21.1. The van der Waals surface area contributed by atoms with Crippen LogP contribution in [-0.4, -0.2) is 40.2 Å². The van der Waals surface area contributed by atoms with Crippen LogP contribution in [0.5, 0.6) is 0 Å². The number of nitrogens with one attached hydrogen (secondary N) is 1. The van der Waals surface area contributed by atoms with E-state index in [2.05, 4.69) is 48.3 Å². The number of hydrogen-bond donors (Lipinski definition) is 1. The fourth-order valence-electron chi connectivity index (χ4n) is 4.22. The first-order chi connectivity index (χ1) is 16.4. The van der Waals surface area contributed by atoms with Crippen LogP contribution in [0, 0.1) is 5.92 Å². The highest BCUT2D eigenvalue weighted by atomic mass is 35.5. The molecule has 2 aromatic carbocycles. The number of halogens is 2. The van der Waals surface area contributed by atoms with Gasteiger partial charge >= 0.3 is 0 Å². The first kappa shape index (κ1) is 24.5. The van der Waals surface area contributed by atoms with E-state index in [1.54, 1.807) is 6.07 Å². The SMILES string of the molecule is CC(C)Cc1cc(CNC(=O)CN2CC=C(c3cc(Cl)cc(Cl)c3)CC2)nn1-c1ccccc1. The van der Waals surface area contributed by atoms with Crippen molar-refractivity contribution in [1.82, 2.24) is 20.0 Å². The molecular formula is C27H30Cl2N4O. The summed E-state index contributed by atoms with van der Waals surface area (Å²) in [6, 6.07) is 17.8. The molecule has 7 heteroatoms. The van der Waals surface area contributed by atoms with Gasteiger partial charge in [-0.25, -0.2) is 4.68 Å². The third kappa shape index (κ3) is 6.50. The van der Waals surface area contributed by atoms with Crippen molar-refractivity contribution in [3.63, 3.8) is 0 Å². The minimum absolute atomic E-state index is 0.00215. The summed E-state index contributed by atoms with van der Waals surface area (Å²) in [7, 11) is 0. The van der Waals surface area contributed by atoms with Crippen molar-refractivity contribution in [3.8, 4) is 5.69 Å². The quantitative estimate of drug-likeness (QED) is 0.429. The van der Waals surface area contributed by atoms with Gasteiger partial charge in [-0.1, -0.05) is 61.3 Å². The molecule has 0 saturated carbocycles. The lowest BCUT2D eigenvalue weighted by Gasteiger charge is -2.26. The molecule has 0 unspecified atom stereocenters. The maximum Gasteiger partial charge on any atom is 0.234 e. The van der Waals surface area contributed by atoms with E-state index in [1.807, 2.05) is 35.0 Å². The van der Waals surface area contributed by atoms with Crippen LogP contribution in [0.3, 0.4) is 0 Å². The Balaban J connectivity index is 1.34. The summed E-state index contributed by atoms with van der Waals surface area (Å²) in [6.07, 6.45) is 3.93. The van der Waals surface area contributed by atoms with Crippen LogP contribution in [0.15, 0.2) is 60.7 Å². The Morgan fingerprint density at radius 3 is 2.47 bits per heavy atom. The largest absolute Gasteiger partial charge is 0.349 e. The summed E-state index contributed by atoms with van der Waals surface area (Å²) < 4.78 is 1.99. The van der Waals surface area contributed by atoms with Crippen LogP contribution in [0.4, 0.5) is 0 Å². The lowest BCUT2D eigenvalue weighted by Crippen LogP contribution is -2.39. The van der Waals surface area contributed by atoms with E-state index in [-0.39, 0.29) is 5.91 Å². The minimum Gasteiger partial charge on any atom is -0.349 e. The van der Waals surface area contributed by atoms with Crippen LogP contribution < -0.4 is 5.32 Å². The zero-order chi connectivity index (χ0) is 24.1.